The van der Waals surface area contributed by atoms with Crippen molar-refractivity contribution in [2.45, 2.75) is 39.3 Å². The van der Waals surface area contributed by atoms with Gasteiger partial charge in [0.1, 0.15) is 11.9 Å². The monoisotopic (exact) mass is 406 g/mol. The van der Waals surface area contributed by atoms with Gasteiger partial charge in [0.25, 0.3) is 11.5 Å². The molecule has 2 aromatic carbocycles. The van der Waals surface area contributed by atoms with Crippen molar-refractivity contribution < 1.29 is 14.3 Å². The van der Waals surface area contributed by atoms with Crippen LogP contribution in [-0.4, -0.2) is 30.7 Å². The molecule has 1 amide bonds. The van der Waals surface area contributed by atoms with E-state index in [2.05, 4.69) is 4.98 Å². The molecule has 1 N–H and O–H groups in total. The lowest BCUT2D eigenvalue weighted by atomic mass is 10.0. The van der Waals surface area contributed by atoms with Crippen molar-refractivity contribution in [1.82, 2.24) is 4.98 Å². The number of benzene rings is 2. The fourth-order valence-corrected chi connectivity index (χ4v) is 3.90. The number of rotatable bonds is 5. The molecule has 1 aromatic heterocycles. The van der Waals surface area contributed by atoms with E-state index in [1.165, 1.54) is 0 Å². The lowest BCUT2D eigenvalue weighted by Gasteiger charge is -2.27. The van der Waals surface area contributed by atoms with Crippen LogP contribution in [0.15, 0.2) is 47.3 Å². The molecular formula is C24H26N2O4. The fourth-order valence-electron chi connectivity index (χ4n) is 3.90. The number of aromatic nitrogens is 1. The summed E-state index contributed by atoms with van der Waals surface area (Å²) in [5.74, 6) is 0.576. The van der Waals surface area contributed by atoms with Crippen LogP contribution in [0.25, 0.3) is 10.9 Å². The Kier molecular flexibility index (Phi) is 5.59. The molecule has 1 fully saturated rings. The van der Waals surface area contributed by atoms with Crippen LogP contribution in [0, 0.1) is 13.8 Å². The van der Waals surface area contributed by atoms with Crippen molar-refractivity contribution in [2.75, 3.05) is 18.6 Å². The normalized spacial score (nSPS) is 16.0. The largest absolute Gasteiger partial charge is 0.497 e. The Morgan fingerprint density at radius 1 is 1.23 bits per heavy atom. The predicted molar refractivity (Wildman–Crippen MR) is 117 cm³/mol. The van der Waals surface area contributed by atoms with Gasteiger partial charge in [-0.1, -0.05) is 12.1 Å². The molecule has 4 rings (SSSR count). The lowest BCUT2D eigenvalue weighted by molar-refractivity contribution is -0.127. The van der Waals surface area contributed by atoms with E-state index in [9.17, 15) is 9.59 Å². The maximum atomic E-state index is 13.3. The van der Waals surface area contributed by atoms with Gasteiger partial charge in [-0.05, 0) is 67.5 Å². The summed E-state index contributed by atoms with van der Waals surface area (Å²) < 4.78 is 10.9. The Labute approximate surface area is 175 Å². The fraction of sp³-hybridized carbons (Fsp3) is 0.333. The molecule has 1 atom stereocenters. The van der Waals surface area contributed by atoms with Crippen molar-refractivity contribution in [3.8, 4) is 5.75 Å². The Morgan fingerprint density at radius 2 is 2.07 bits per heavy atom. The minimum Gasteiger partial charge on any atom is -0.497 e. The van der Waals surface area contributed by atoms with Crippen LogP contribution in [-0.2, 0) is 16.1 Å². The number of ether oxygens (including phenoxy) is 2. The number of carbonyl (C=O) groups excluding carboxylic acids is 1. The SMILES string of the molecule is COc1ccc2cc(CN(C(=O)C3CCCO3)c3cccc(C)c3C)c(=O)[nH]c2c1. The first-order chi connectivity index (χ1) is 14.5. The van der Waals surface area contributed by atoms with Gasteiger partial charge in [0.2, 0.25) is 0 Å². The van der Waals surface area contributed by atoms with E-state index in [0.29, 0.717) is 29.9 Å². The zero-order chi connectivity index (χ0) is 21.3. The molecule has 2 heterocycles. The second-order valence-corrected chi connectivity index (χ2v) is 7.72. The molecule has 156 valence electrons. The second kappa shape index (κ2) is 8.32. The number of pyridine rings is 1. The molecule has 30 heavy (non-hydrogen) atoms. The third-order valence-electron chi connectivity index (χ3n) is 5.80. The van der Waals surface area contributed by atoms with Crippen molar-refractivity contribution in [1.29, 1.82) is 0 Å². The van der Waals surface area contributed by atoms with Gasteiger partial charge in [0.15, 0.2) is 0 Å². The Hall–Kier alpha value is -3.12. The summed E-state index contributed by atoms with van der Waals surface area (Å²) in [6, 6.07) is 13.3. The molecule has 1 aliphatic heterocycles. The third-order valence-corrected chi connectivity index (χ3v) is 5.80. The maximum Gasteiger partial charge on any atom is 0.256 e. The second-order valence-electron chi connectivity index (χ2n) is 7.72. The minimum absolute atomic E-state index is 0.101. The van der Waals surface area contributed by atoms with Crippen molar-refractivity contribution in [3.63, 3.8) is 0 Å². The minimum atomic E-state index is -0.464. The van der Waals surface area contributed by atoms with Crippen LogP contribution in [0.5, 0.6) is 5.75 Å². The van der Waals surface area contributed by atoms with Crippen LogP contribution in [0.3, 0.4) is 0 Å². The average molecular weight is 406 g/mol. The number of methoxy groups -OCH3 is 1. The number of H-pyrrole nitrogens is 1. The summed E-state index contributed by atoms with van der Waals surface area (Å²) in [6.45, 7) is 4.79. The average Bonchev–Trinajstić information content (AvgIpc) is 3.28. The Morgan fingerprint density at radius 3 is 2.80 bits per heavy atom. The molecule has 1 aliphatic rings. The van der Waals surface area contributed by atoms with Crippen molar-refractivity contribution in [2.24, 2.45) is 0 Å². The molecule has 0 saturated carbocycles. The number of hydrogen-bond acceptors (Lipinski definition) is 4. The number of nitrogens with zero attached hydrogens (tertiary/aromatic N) is 1. The standard InChI is InChI=1S/C24H26N2O4/c1-15-6-4-7-21(16(15)2)26(24(28)22-8-5-11-30-22)14-18-12-17-9-10-19(29-3)13-20(17)25-23(18)27/h4,6-7,9-10,12-13,22H,5,8,11,14H2,1-3H3,(H,25,27). The molecule has 1 unspecified atom stereocenters. The molecule has 6 heteroatoms. The van der Waals surface area contributed by atoms with E-state index in [4.69, 9.17) is 9.47 Å². The van der Waals surface area contributed by atoms with Crippen molar-refractivity contribution in [3.05, 3.63) is 69.5 Å². The number of aromatic amines is 1. The zero-order valence-electron chi connectivity index (χ0n) is 17.5. The first-order valence-corrected chi connectivity index (χ1v) is 10.2. The highest BCUT2D eigenvalue weighted by Crippen LogP contribution is 2.28. The summed E-state index contributed by atoms with van der Waals surface area (Å²) in [5.41, 5.74) is 3.94. The summed E-state index contributed by atoms with van der Waals surface area (Å²) in [7, 11) is 1.59. The predicted octanol–water partition coefficient (Wildman–Crippen LogP) is 3.87. The lowest BCUT2D eigenvalue weighted by Crippen LogP contribution is -2.40. The van der Waals surface area contributed by atoms with E-state index >= 15 is 0 Å². The van der Waals surface area contributed by atoms with Crippen LogP contribution in [0.4, 0.5) is 5.69 Å². The van der Waals surface area contributed by atoms with E-state index in [0.717, 1.165) is 28.6 Å². The zero-order valence-corrected chi connectivity index (χ0v) is 17.5. The number of hydrogen-bond donors (Lipinski definition) is 1. The maximum absolute atomic E-state index is 13.3. The Balaban J connectivity index is 1.76. The topological polar surface area (TPSA) is 71.6 Å². The summed E-state index contributed by atoms with van der Waals surface area (Å²) in [4.78, 5) is 30.8. The van der Waals surface area contributed by atoms with Gasteiger partial charge in [0.05, 0.1) is 19.2 Å². The van der Waals surface area contributed by atoms with Gasteiger partial charge >= 0.3 is 0 Å². The van der Waals surface area contributed by atoms with E-state index in [1.807, 2.05) is 50.2 Å². The molecule has 1 saturated heterocycles. The first kappa shape index (κ1) is 20.2. The van der Waals surface area contributed by atoms with Gasteiger partial charge in [-0.2, -0.15) is 0 Å². The molecular weight excluding hydrogens is 380 g/mol. The molecule has 0 aliphatic carbocycles. The molecule has 3 aromatic rings. The van der Waals surface area contributed by atoms with E-state index in [1.54, 1.807) is 18.1 Å². The quantitative estimate of drug-likeness (QED) is 0.698. The van der Waals surface area contributed by atoms with Gasteiger partial charge in [-0.15, -0.1) is 0 Å². The van der Waals surface area contributed by atoms with E-state index in [-0.39, 0.29) is 18.0 Å². The van der Waals surface area contributed by atoms with Crippen LogP contribution in [0.2, 0.25) is 0 Å². The summed E-state index contributed by atoms with van der Waals surface area (Å²) in [6.07, 6.45) is 1.11. The van der Waals surface area contributed by atoms with E-state index < -0.39 is 6.10 Å². The number of fused-ring (bicyclic) bond motifs is 1. The van der Waals surface area contributed by atoms with Crippen LogP contribution in [0.1, 0.15) is 29.5 Å². The highest BCUT2D eigenvalue weighted by molar-refractivity contribution is 5.97. The molecule has 6 nitrogen and oxygen atoms in total. The van der Waals surface area contributed by atoms with Gasteiger partial charge in [-0.3, -0.25) is 9.59 Å². The van der Waals surface area contributed by atoms with Crippen LogP contribution < -0.4 is 15.2 Å². The van der Waals surface area contributed by atoms with Gasteiger partial charge in [0, 0.05) is 23.9 Å². The molecule has 0 spiro atoms. The smallest absolute Gasteiger partial charge is 0.256 e. The van der Waals surface area contributed by atoms with Crippen molar-refractivity contribution >= 4 is 22.5 Å². The third kappa shape index (κ3) is 3.83. The highest BCUT2D eigenvalue weighted by atomic mass is 16.5. The number of aryl methyl sites for hydroxylation is 1. The van der Waals surface area contributed by atoms with Gasteiger partial charge in [-0.25, -0.2) is 0 Å². The highest BCUT2D eigenvalue weighted by Gasteiger charge is 2.30. The number of amides is 1. The first-order valence-electron chi connectivity index (χ1n) is 10.2. The Bertz CT molecular complexity index is 1150. The number of nitrogens with one attached hydrogen (secondary N) is 1. The molecule has 0 radical (unpaired) electrons. The molecule has 0 bridgehead atoms. The summed E-state index contributed by atoms with van der Waals surface area (Å²) >= 11 is 0. The number of carbonyl (C=O) groups is 1. The number of anilines is 1. The van der Waals surface area contributed by atoms with Crippen LogP contribution >= 0.6 is 0 Å². The van der Waals surface area contributed by atoms with Gasteiger partial charge < -0.3 is 19.4 Å². The summed E-state index contributed by atoms with van der Waals surface area (Å²) in [5, 5.41) is 0.885.